The molecule has 2 aromatic rings. The van der Waals surface area contributed by atoms with Gasteiger partial charge in [-0.25, -0.2) is 9.59 Å². The van der Waals surface area contributed by atoms with Gasteiger partial charge in [-0.3, -0.25) is 0 Å². The number of hydrogen-bond donors (Lipinski definition) is 2. The third-order valence-corrected chi connectivity index (χ3v) is 4.60. The van der Waals surface area contributed by atoms with Gasteiger partial charge < -0.3 is 15.2 Å². The fraction of sp³-hybridized carbons (Fsp3) is 0.333. The van der Waals surface area contributed by atoms with Crippen molar-refractivity contribution in [1.29, 1.82) is 0 Å². The molecule has 0 radical (unpaired) electrons. The van der Waals surface area contributed by atoms with Gasteiger partial charge in [-0.05, 0) is 46.6 Å². The molecule has 0 bridgehead atoms. The van der Waals surface area contributed by atoms with Gasteiger partial charge in [0, 0.05) is 0 Å². The summed E-state index contributed by atoms with van der Waals surface area (Å²) in [5, 5.41) is 11.7. The third-order valence-electron chi connectivity index (χ3n) is 4.60. The molecule has 1 aliphatic rings. The maximum atomic E-state index is 12.0. The van der Waals surface area contributed by atoms with Crippen LogP contribution in [0.5, 0.6) is 0 Å². The molecule has 0 saturated heterocycles. The molecule has 0 heterocycles. The average molecular weight is 353 g/mol. The lowest BCUT2D eigenvalue weighted by molar-refractivity contribution is -0.139. The molecule has 2 N–H and O–H groups in total. The highest BCUT2D eigenvalue weighted by molar-refractivity contribution is 5.80. The van der Waals surface area contributed by atoms with Crippen LogP contribution >= 0.6 is 0 Å². The number of hydrogen-bond acceptors (Lipinski definition) is 3. The summed E-state index contributed by atoms with van der Waals surface area (Å²) in [7, 11) is 0. The molecule has 1 atom stereocenters. The van der Waals surface area contributed by atoms with Gasteiger partial charge in [-0.1, -0.05) is 56.3 Å². The molecule has 0 aromatic heterocycles. The third kappa shape index (κ3) is 3.87. The number of carboxylic acids is 1. The van der Waals surface area contributed by atoms with Gasteiger partial charge in [0.25, 0.3) is 0 Å². The van der Waals surface area contributed by atoms with Crippen LogP contribution in [0, 0.1) is 5.92 Å². The number of aliphatic carboxylic acids is 1. The van der Waals surface area contributed by atoms with Gasteiger partial charge in [-0.2, -0.15) is 0 Å². The number of nitrogens with one attached hydrogen (secondary N) is 1. The minimum absolute atomic E-state index is 0.122. The normalized spacial score (nSPS) is 13.0. The largest absolute Gasteiger partial charge is 0.480 e. The van der Waals surface area contributed by atoms with Crippen molar-refractivity contribution in [3.05, 3.63) is 59.2 Å². The molecule has 0 saturated carbocycles. The van der Waals surface area contributed by atoms with Gasteiger partial charge in [0.05, 0.1) is 0 Å². The topological polar surface area (TPSA) is 75.6 Å². The number of carbonyl (C=O) groups is 2. The van der Waals surface area contributed by atoms with E-state index in [1.165, 1.54) is 22.3 Å². The Morgan fingerprint density at radius 1 is 1.12 bits per heavy atom. The van der Waals surface area contributed by atoms with Crippen LogP contribution in [0.2, 0.25) is 0 Å². The van der Waals surface area contributed by atoms with Crippen LogP contribution in [0.15, 0.2) is 42.5 Å². The minimum Gasteiger partial charge on any atom is -0.480 e. The van der Waals surface area contributed by atoms with Gasteiger partial charge in [0.15, 0.2) is 0 Å². The monoisotopic (exact) mass is 353 g/mol. The predicted octanol–water partition coefficient (Wildman–Crippen LogP) is 3.98. The number of alkyl carbamates (subject to hydrolysis) is 1. The Morgan fingerprint density at radius 3 is 2.58 bits per heavy atom. The average Bonchev–Trinajstić information content (AvgIpc) is 2.98. The number of carboxylic acid groups (broad SMARTS) is 1. The molecule has 0 aliphatic heterocycles. The van der Waals surface area contributed by atoms with Crippen molar-refractivity contribution in [2.24, 2.45) is 5.92 Å². The Labute approximate surface area is 153 Å². The zero-order valence-electron chi connectivity index (χ0n) is 15.0. The maximum Gasteiger partial charge on any atom is 0.408 e. The Morgan fingerprint density at radius 2 is 1.85 bits per heavy atom. The van der Waals surface area contributed by atoms with Gasteiger partial charge in [0.1, 0.15) is 12.6 Å². The predicted molar refractivity (Wildman–Crippen MR) is 98.9 cm³/mol. The smallest absolute Gasteiger partial charge is 0.408 e. The Hall–Kier alpha value is -2.82. The van der Waals surface area contributed by atoms with Crippen molar-refractivity contribution in [2.45, 2.75) is 39.3 Å². The van der Waals surface area contributed by atoms with Gasteiger partial charge in [0.2, 0.25) is 0 Å². The summed E-state index contributed by atoms with van der Waals surface area (Å²) in [5.41, 5.74) is 5.77. The molecule has 1 aliphatic carbocycles. The highest BCUT2D eigenvalue weighted by Gasteiger charge is 2.23. The van der Waals surface area contributed by atoms with Crippen LogP contribution in [-0.4, -0.2) is 23.2 Å². The Kier molecular flexibility index (Phi) is 5.26. The number of carbonyl (C=O) groups excluding carboxylic acids is 1. The van der Waals surface area contributed by atoms with Crippen molar-refractivity contribution in [1.82, 2.24) is 5.32 Å². The zero-order chi connectivity index (χ0) is 18.7. The number of ether oxygens (including phenoxy) is 1. The summed E-state index contributed by atoms with van der Waals surface area (Å²) in [6, 6.07) is 13.3. The summed E-state index contributed by atoms with van der Waals surface area (Å²) in [6.45, 7) is 3.94. The number of fused-ring (bicyclic) bond motifs is 3. The maximum absolute atomic E-state index is 12.0. The first-order valence-electron chi connectivity index (χ1n) is 8.81. The lowest BCUT2D eigenvalue weighted by Crippen LogP contribution is -2.41. The Balaban J connectivity index is 1.66. The molecule has 0 fully saturated rings. The fourth-order valence-corrected chi connectivity index (χ4v) is 3.38. The van der Waals surface area contributed by atoms with Crippen LogP contribution in [0.3, 0.4) is 0 Å². The van der Waals surface area contributed by atoms with E-state index < -0.39 is 18.1 Å². The summed E-state index contributed by atoms with van der Waals surface area (Å²) in [5.74, 6) is -0.890. The van der Waals surface area contributed by atoms with Crippen LogP contribution in [0.1, 0.15) is 37.0 Å². The first-order valence-corrected chi connectivity index (χ1v) is 8.81. The summed E-state index contributed by atoms with van der Waals surface area (Å²) in [4.78, 5) is 23.3. The van der Waals surface area contributed by atoms with Crippen LogP contribution in [0.4, 0.5) is 4.79 Å². The zero-order valence-corrected chi connectivity index (χ0v) is 15.0. The molecule has 0 unspecified atom stereocenters. The standard InChI is InChI=1S/C21H23NO4/c1-13(2)10-19(20(23)24)22-21(25)26-12-15-7-5-9-17-16-8-4-3-6-14(16)11-18(15)17/h3-9,13,19H,10-12H2,1-2H3,(H,22,25)(H,23,24)/t19-/m1/s1. The van der Waals surface area contributed by atoms with Crippen molar-refractivity contribution in [3.8, 4) is 11.1 Å². The molecule has 5 nitrogen and oxygen atoms in total. The Bertz CT molecular complexity index is 829. The second kappa shape index (κ2) is 7.60. The molecule has 2 aromatic carbocycles. The molecular formula is C21H23NO4. The fourth-order valence-electron chi connectivity index (χ4n) is 3.38. The molecule has 1 amide bonds. The lowest BCUT2D eigenvalue weighted by atomic mass is 10.0. The van der Waals surface area contributed by atoms with E-state index in [1.54, 1.807) is 0 Å². The summed E-state index contributed by atoms with van der Waals surface area (Å²) in [6.07, 6.45) is 0.476. The van der Waals surface area contributed by atoms with E-state index in [9.17, 15) is 14.7 Å². The van der Waals surface area contributed by atoms with Crippen molar-refractivity contribution < 1.29 is 19.4 Å². The van der Waals surface area contributed by atoms with E-state index in [4.69, 9.17) is 4.74 Å². The van der Waals surface area contributed by atoms with Crippen LogP contribution < -0.4 is 5.32 Å². The molecule has 136 valence electrons. The summed E-state index contributed by atoms with van der Waals surface area (Å²) >= 11 is 0. The van der Waals surface area contributed by atoms with Crippen molar-refractivity contribution >= 4 is 12.1 Å². The first-order chi connectivity index (χ1) is 12.5. The van der Waals surface area contributed by atoms with E-state index in [2.05, 4.69) is 23.5 Å². The molecule has 26 heavy (non-hydrogen) atoms. The molecule has 3 rings (SSSR count). The first kappa shape index (κ1) is 18.0. The van der Waals surface area contributed by atoms with Crippen molar-refractivity contribution in [2.75, 3.05) is 0 Å². The highest BCUT2D eigenvalue weighted by atomic mass is 16.5. The highest BCUT2D eigenvalue weighted by Crippen LogP contribution is 2.38. The SMILES string of the molecule is CC(C)C[C@@H](NC(=O)OCc1cccc2c1Cc1ccccc1-2)C(=O)O. The van der Waals surface area contributed by atoms with E-state index in [1.807, 2.05) is 38.1 Å². The van der Waals surface area contributed by atoms with Gasteiger partial charge in [-0.15, -0.1) is 0 Å². The second-order valence-corrected chi connectivity index (χ2v) is 7.02. The van der Waals surface area contributed by atoms with Crippen LogP contribution in [0.25, 0.3) is 11.1 Å². The van der Waals surface area contributed by atoms with E-state index in [0.29, 0.717) is 6.42 Å². The number of rotatable bonds is 6. The van der Waals surface area contributed by atoms with Crippen LogP contribution in [-0.2, 0) is 22.6 Å². The van der Waals surface area contributed by atoms with Crippen molar-refractivity contribution in [3.63, 3.8) is 0 Å². The quantitative estimate of drug-likeness (QED) is 0.703. The lowest BCUT2D eigenvalue weighted by Gasteiger charge is -2.17. The van der Waals surface area contributed by atoms with E-state index in [0.717, 1.165) is 12.0 Å². The minimum atomic E-state index is -1.05. The van der Waals surface area contributed by atoms with E-state index >= 15 is 0 Å². The molecule has 0 spiro atoms. The number of benzene rings is 2. The number of amides is 1. The summed E-state index contributed by atoms with van der Waals surface area (Å²) < 4.78 is 5.30. The molecular weight excluding hydrogens is 330 g/mol. The van der Waals surface area contributed by atoms with E-state index in [-0.39, 0.29) is 12.5 Å². The molecule has 5 heteroatoms. The second-order valence-electron chi connectivity index (χ2n) is 7.02. The van der Waals surface area contributed by atoms with Gasteiger partial charge >= 0.3 is 12.1 Å².